The van der Waals surface area contributed by atoms with Crippen LogP contribution in [0.5, 0.6) is 5.75 Å². The maximum absolute atomic E-state index is 5.99. The first-order chi connectivity index (χ1) is 11.8. The van der Waals surface area contributed by atoms with Gasteiger partial charge in [-0.25, -0.2) is 0 Å². The van der Waals surface area contributed by atoms with Crippen molar-refractivity contribution in [2.45, 2.75) is 13.3 Å². The number of aliphatic imine (C=N–C) groups is 1. The third-order valence-corrected chi connectivity index (χ3v) is 3.44. The molecule has 0 aliphatic carbocycles. The Morgan fingerprint density at radius 2 is 2.17 bits per heavy atom. The van der Waals surface area contributed by atoms with Crippen LogP contribution in [0.25, 0.3) is 0 Å². The highest BCUT2D eigenvalue weighted by atomic mass is 35.5. The number of guanidine groups is 1. The fraction of sp³-hybridized carbons (Fsp3) is 0.333. The Kier molecular flexibility index (Phi) is 7.90. The molecule has 0 spiro atoms. The van der Waals surface area contributed by atoms with Crippen LogP contribution in [0.1, 0.15) is 12.5 Å². The molecule has 5 nitrogen and oxygen atoms in total. The summed E-state index contributed by atoms with van der Waals surface area (Å²) in [6.07, 6.45) is 4.27. The molecule has 2 rings (SSSR count). The number of rotatable bonds is 8. The number of nitrogens with zero attached hydrogens (tertiary/aromatic N) is 2. The third-order valence-electron chi connectivity index (χ3n) is 3.20. The predicted octanol–water partition coefficient (Wildman–Crippen LogP) is 2.91. The van der Waals surface area contributed by atoms with Gasteiger partial charge in [-0.2, -0.15) is 0 Å². The number of hydrogen-bond donors (Lipinski definition) is 2. The maximum Gasteiger partial charge on any atom is 0.191 e. The van der Waals surface area contributed by atoms with Crippen molar-refractivity contribution < 1.29 is 4.74 Å². The van der Waals surface area contributed by atoms with Crippen molar-refractivity contribution in [1.82, 2.24) is 15.6 Å². The summed E-state index contributed by atoms with van der Waals surface area (Å²) in [7, 11) is 0. The van der Waals surface area contributed by atoms with Crippen LogP contribution in [0, 0.1) is 0 Å². The van der Waals surface area contributed by atoms with Crippen molar-refractivity contribution in [2.24, 2.45) is 4.99 Å². The standard InChI is InChI=1S/C18H23ClN4O/c1-2-21-18(22-10-8-15-5-3-6-16(19)13-15)23-11-12-24-17-7-4-9-20-14-17/h3-7,9,13-14H,2,8,10-12H2,1H3,(H2,21,22,23). The van der Waals surface area contributed by atoms with Gasteiger partial charge in [0.2, 0.25) is 0 Å². The zero-order valence-corrected chi connectivity index (χ0v) is 14.6. The van der Waals surface area contributed by atoms with Gasteiger partial charge in [0.15, 0.2) is 5.96 Å². The lowest BCUT2D eigenvalue weighted by Crippen LogP contribution is -2.39. The van der Waals surface area contributed by atoms with E-state index in [-0.39, 0.29) is 0 Å². The van der Waals surface area contributed by atoms with E-state index in [1.807, 2.05) is 37.3 Å². The van der Waals surface area contributed by atoms with Gasteiger partial charge in [0.1, 0.15) is 12.4 Å². The first-order valence-corrected chi connectivity index (χ1v) is 8.45. The van der Waals surface area contributed by atoms with E-state index in [2.05, 4.69) is 26.7 Å². The Morgan fingerprint density at radius 1 is 1.25 bits per heavy atom. The Bertz CT molecular complexity index is 634. The highest BCUT2D eigenvalue weighted by Crippen LogP contribution is 2.11. The molecule has 24 heavy (non-hydrogen) atoms. The van der Waals surface area contributed by atoms with E-state index in [0.717, 1.165) is 29.7 Å². The average Bonchev–Trinajstić information content (AvgIpc) is 2.59. The average molecular weight is 347 g/mol. The van der Waals surface area contributed by atoms with Crippen molar-refractivity contribution in [3.05, 3.63) is 59.4 Å². The monoisotopic (exact) mass is 346 g/mol. The number of hydrogen-bond acceptors (Lipinski definition) is 3. The molecule has 1 heterocycles. The molecule has 0 aliphatic heterocycles. The molecule has 1 aromatic heterocycles. The second-order valence-electron chi connectivity index (χ2n) is 5.10. The Labute approximate surface area is 148 Å². The highest BCUT2D eigenvalue weighted by molar-refractivity contribution is 6.30. The van der Waals surface area contributed by atoms with Crippen LogP contribution in [0.3, 0.4) is 0 Å². The van der Waals surface area contributed by atoms with Gasteiger partial charge < -0.3 is 15.4 Å². The van der Waals surface area contributed by atoms with Crippen molar-refractivity contribution in [1.29, 1.82) is 0 Å². The van der Waals surface area contributed by atoms with Gasteiger partial charge in [0.05, 0.1) is 12.7 Å². The van der Waals surface area contributed by atoms with E-state index in [9.17, 15) is 0 Å². The summed E-state index contributed by atoms with van der Waals surface area (Å²) in [4.78, 5) is 8.58. The largest absolute Gasteiger partial charge is 0.490 e. The molecule has 0 unspecified atom stereocenters. The first-order valence-electron chi connectivity index (χ1n) is 8.07. The normalized spacial score (nSPS) is 11.2. The number of halogens is 1. The summed E-state index contributed by atoms with van der Waals surface area (Å²) < 4.78 is 5.60. The zero-order chi connectivity index (χ0) is 17.0. The summed E-state index contributed by atoms with van der Waals surface area (Å²) >= 11 is 5.99. The summed E-state index contributed by atoms with van der Waals surface area (Å²) in [6, 6.07) is 11.6. The van der Waals surface area contributed by atoms with Crippen LogP contribution >= 0.6 is 11.6 Å². The van der Waals surface area contributed by atoms with Crippen molar-refractivity contribution in [3.63, 3.8) is 0 Å². The third kappa shape index (κ3) is 6.87. The Balaban J connectivity index is 1.73. The molecule has 0 saturated carbocycles. The first kappa shape index (κ1) is 18.1. The summed E-state index contributed by atoms with van der Waals surface area (Å²) in [5.74, 6) is 1.55. The molecule has 0 saturated heterocycles. The molecule has 1 aromatic carbocycles. The molecular weight excluding hydrogens is 324 g/mol. The number of nitrogens with one attached hydrogen (secondary N) is 2. The lowest BCUT2D eigenvalue weighted by Gasteiger charge is -2.12. The van der Waals surface area contributed by atoms with Crippen LogP contribution in [0.2, 0.25) is 5.02 Å². The molecule has 128 valence electrons. The summed E-state index contributed by atoms with van der Waals surface area (Å²) in [6.45, 7) is 4.76. The molecule has 2 aromatic rings. The minimum Gasteiger partial charge on any atom is -0.490 e. The number of benzene rings is 1. The van der Waals surface area contributed by atoms with E-state index < -0.39 is 0 Å². The molecule has 0 fully saturated rings. The van der Waals surface area contributed by atoms with Gasteiger partial charge in [-0.05, 0) is 43.2 Å². The number of ether oxygens (including phenoxy) is 1. The molecule has 0 aliphatic rings. The van der Waals surface area contributed by atoms with Crippen LogP contribution < -0.4 is 15.4 Å². The molecule has 6 heteroatoms. The van der Waals surface area contributed by atoms with Gasteiger partial charge in [-0.1, -0.05) is 23.7 Å². The lowest BCUT2D eigenvalue weighted by molar-refractivity contribution is 0.320. The number of aromatic nitrogens is 1. The fourth-order valence-electron chi connectivity index (χ4n) is 2.10. The van der Waals surface area contributed by atoms with Gasteiger partial charge in [0.25, 0.3) is 0 Å². The molecule has 0 atom stereocenters. The van der Waals surface area contributed by atoms with Crippen molar-refractivity contribution in [3.8, 4) is 5.75 Å². The van der Waals surface area contributed by atoms with Gasteiger partial charge in [-0.15, -0.1) is 0 Å². The van der Waals surface area contributed by atoms with Crippen molar-refractivity contribution in [2.75, 3.05) is 26.2 Å². The Morgan fingerprint density at radius 3 is 2.92 bits per heavy atom. The lowest BCUT2D eigenvalue weighted by atomic mass is 10.1. The summed E-state index contributed by atoms with van der Waals surface area (Å²) in [5, 5.41) is 7.24. The zero-order valence-electron chi connectivity index (χ0n) is 13.8. The van der Waals surface area contributed by atoms with E-state index in [1.165, 1.54) is 5.56 Å². The Hall–Kier alpha value is -2.27. The predicted molar refractivity (Wildman–Crippen MR) is 98.9 cm³/mol. The van der Waals surface area contributed by atoms with Crippen molar-refractivity contribution >= 4 is 17.6 Å². The molecule has 0 bridgehead atoms. The van der Waals surface area contributed by atoms with Gasteiger partial charge in [-0.3, -0.25) is 9.98 Å². The minimum absolute atomic E-state index is 0.546. The fourth-order valence-corrected chi connectivity index (χ4v) is 2.31. The van der Waals surface area contributed by atoms with Crippen LogP contribution in [0.4, 0.5) is 0 Å². The van der Waals surface area contributed by atoms with E-state index in [4.69, 9.17) is 16.3 Å². The second kappa shape index (κ2) is 10.5. The second-order valence-corrected chi connectivity index (χ2v) is 5.54. The van der Waals surface area contributed by atoms with E-state index in [0.29, 0.717) is 19.7 Å². The number of pyridine rings is 1. The van der Waals surface area contributed by atoms with Crippen LogP contribution in [0.15, 0.2) is 53.8 Å². The van der Waals surface area contributed by atoms with E-state index >= 15 is 0 Å². The molecule has 2 N–H and O–H groups in total. The molecular formula is C18H23ClN4O. The smallest absolute Gasteiger partial charge is 0.191 e. The van der Waals surface area contributed by atoms with Gasteiger partial charge in [0, 0.05) is 24.3 Å². The van der Waals surface area contributed by atoms with Gasteiger partial charge >= 0.3 is 0 Å². The topological polar surface area (TPSA) is 58.5 Å². The molecule has 0 radical (unpaired) electrons. The highest BCUT2D eigenvalue weighted by Gasteiger charge is 1.99. The van der Waals surface area contributed by atoms with Crippen LogP contribution in [-0.4, -0.2) is 37.2 Å². The summed E-state index contributed by atoms with van der Waals surface area (Å²) in [5.41, 5.74) is 1.18. The SMILES string of the molecule is CCNC(=NCCc1cccc(Cl)c1)NCCOc1cccnc1. The molecule has 0 amide bonds. The quantitative estimate of drug-likeness (QED) is 0.438. The van der Waals surface area contributed by atoms with E-state index in [1.54, 1.807) is 12.4 Å². The van der Waals surface area contributed by atoms with Crippen LogP contribution in [-0.2, 0) is 6.42 Å². The minimum atomic E-state index is 0.546. The maximum atomic E-state index is 5.99.